The Labute approximate surface area is 132 Å². The van der Waals surface area contributed by atoms with Crippen molar-refractivity contribution in [1.29, 1.82) is 0 Å². The van der Waals surface area contributed by atoms with Gasteiger partial charge in [-0.3, -0.25) is 14.4 Å². The van der Waals surface area contributed by atoms with Gasteiger partial charge in [0, 0.05) is 0 Å². The van der Waals surface area contributed by atoms with Gasteiger partial charge in [0.1, 0.15) is 6.04 Å². The van der Waals surface area contributed by atoms with Crippen molar-refractivity contribution in [3.63, 3.8) is 0 Å². The van der Waals surface area contributed by atoms with Crippen LogP contribution in [0.2, 0.25) is 0 Å². The zero-order valence-electron chi connectivity index (χ0n) is 12.8. The molecule has 4 atom stereocenters. The Bertz CT molecular complexity index is 453. The average Bonchev–Trinajstić information content (AvgIpc) is 2.46. The van der Waals surface area contributed by atoms with E-state index in [1.165, 1.54) is 13.8 Å². The Morgan fingerprint density at radius 1 is 0.957 bits per heavy atom. The molecule has 11 nitrogen and oxygen atoms in total. The zero-order chi connectivity index (χ0) is 18.2. The molecule has 0 heterocycles. The topological polar surface area (TPSA) is 191 Å². The van der Waals surface area contributed by atoms with Gasteiger partial charge in [-0.1, -0.05) is 0 Å². The standard InChI is InChI=1S/C12H22N4O7/c1-5(17)9(15-7(19)3-13)11(21)14-4-8(20)16-10(6(2)18)12(22)23/h5-6,9-10,17-18H,3-4,13H2,1-2H3,(H,14,21)(H,15,19)(H,16,20)(H,22,23). The lowest BCUT2D eigenvalue weighted by molar-refractivity contribution is -0.144. The number of carbonyl (C=O) groups is 4. The van der Waals surface area contributed by atoms with Gasteiger partial charge in [-0.05, 0) is 13.8 Å². The van der Waals surface area contributed by atoms with Gasteiger partial charge >= 0.3 is 5.97 Å². The molecule has 4 unspecified atom stereocenters. The van der Waals surface area contributed by atoms with Gasteiger partial charge in [-0.25, -0.2) is 4.79 Å². The quantitative estimate of drug-likeness (QED) is 0.221. The summed E-state index contributed by atoms with van der Waals surface area (Å²) in [5.74, 6) is -3.81. The van der Waals surface area contributed by atoms with Crippen LogP contribution in [0.5, 0.6) is 0 Å². The van der Waals surface area contributed by atoms with E-state index in [0.717, 1.165) is 0 Å². The lowest BCUT2D eigenvalue weighted by Crippen LogP contribution is -2.56. The number of hydrogen-bond donors (Lipinski definition) is 7. The number of aliphatic hydroxyl groups is 2. The summed E-state index contributed by atoms with van der Waals surface area (Å²) < 4.78 is 0. The van der Waals surface area contributed by atoms with E-state index >= 15 is 0 Å². The van der Waals surface area contributed by atoms with Crippen LogP contribution >= 0.6 is 0 Å². The molecule has 132 valence electrons. The Morgan fingerprint density at radius 2 is 1.43 bits per heavy atom. The van der Waals surface area contributed by atoms with E-state index in [9.17, 15) is 29.4 Å². The third-order valence-electron chi connectivity index (χ3n) is 2.75. The van der Waals surface area contributed by atoms with Crippen molar-refractivity contribution in [1.82, 2.24) is 16.0 Å². The molecule has 0 aliphatic rings. The van der Waals surface area contributed by atoms with E-state index in [4.69, 9.17) is 10.8 Å². The first-order valence-corrected chi connectivity index (χ1v) is 6.75. The summed E-state index contributed by atoms with van der Waals surface area (Å²) in [4.78, 5) is 45.4. The minimum atomic E-state index is -1.52. The van der Waals surface area contributed by atoms with E-state index in [1.54, 1.807) is 0 Å². The Hall–Kier alpha value is -2.24. The lowest BCUT2D eigenvalue weighted by atomic mass is 10.1. The van der Waals surface area contributed by atoms with Gasteiger partial charge in [-0.15, -0.1) is 0 Å². The van der Waals surface area contributed by atoms with Crippen LogP contribution in [0.1, 0.15) is 13.8 Å². The van der Waals surface area contributed by atoms with E-state index < -0.39 is 54.5 Å². The molecule has 11 heteroatoms. The lowest BCUT2D eigenvalue weighted by Gasteiger charge is -2.21. The van der Waals surface area contributed by atoms with E-state index in [2.05, 4.69) is 10.6 Å². The Kier molecular flexibility index (Phi) is 8.77. The highest BCUT2D eigenvalue weighted by Gasteiger charge is 2.27. The maximum Gasteiger partial charge on any atom is 0.328 e. The van der Waals surface area contributed by atoms with Crippen LogP contribution in [0.4, 0.5) is 0 Å². The zero-order valence-corrected chi connectivity index (χ0v) is 12.8. The first-order chi connectivity index (χ1) is 10.6. The molecule has 0 aromatic rings. The van der Waals surface area contributed by atoms with Gasteiger partial charge in [0.05, 0.1) is 25.3 Å². The minimum Gasteiger partial charge on any atom is -0.480 e. The number of aliphatic hydroxyl groups excluding tert-OH is 2. The van der Waals surface area contributed by atoms with Crippen molar-refractivity contribution in [2.75, 3.05) is 13.1 Å². The van der Waals surface area contributed by atoms with Crippen molar-refractivity contribution >= 4 is 23.7 Å². The molecule has 0 fully saturated rings. The third-order valence-corrected chi connectivity index (χ3v) is 2.75. The molecule has 8 N–H and O–H groups in total. The van der Waals surface area contributed by atoms with Crippen LogP contribution in [-0.2, 0) is 19.2 Å². The van der Waals surface area contributed by atoms with Crippen LogP contribution < -0.4 is 21.7 Å². The number of carboxylic acids is 1. The van der Waals surface area contributed by atoms with E-state index in [1.807, 2.05) is 5.32 Å². The highest BCUT2D eigenvalue weighted by molar-refractivity contribution is 5.92. The normalized spacial score (nSPS) is 15.7. The second-order valence-electron chi connectivity index (χ2n) is 4.83. The predicted molar refractivity (Wildman–Crippen MR) is 76.9 cm³/mol. The molecular weight excluding hydrogens is 312 g/mol. The molecular formula is C12H22N4O7. The van der Waals surface area contributed by atoms with E-state index in [0.29, 0.717) is 0 Å². The fraction of sp³-hybridized carbons (Fsp3) is 0.667. The molecule has 0 bridgehead atoms. The molecule has 0 saturated carbocycles. The van der Waals surface area contributed by atoms with Gasteiger partial charge in [0.15, 0.2) is 6.04 Å². The first-order valence-electron chi connectivity index (χ1n) is 6.75. The van der Waals surface area contributed by atoms with Gasteiger partial charge in [-0.2, -0.15) is 0 Å². The molecule has 0 aromatic carbocycles. The first kappa shape index (κ1) is 20.8. The number of nitrogens with two attached hydrogens (primary N) is 1. The molecule has 0 spiro atoms. The largest absolute Gasteiger partial charge is 0.480 e. The maximum absolute atomic E-state index is 11.8. The number of hydrogen-bond acceptors (Lipinski definition) is 7. The summed E-state index contributed by atoms with van der Waals surface area (Å²) >= 11 is 0. The van der Waals surface area contributed by atoms with Gasteiger partial charge < -0.3 is 37.0 Å². The van der Waals surface area contributed by atoms with Gasteiger partial charge in [0.2, 0.25) is 17.7 Å². The van der Waals surface area contributed by atoms with Crippen molar-refractivity contribution in [2.24, 2.45) is 5.73 Å². The van der Waals surface area contributed by atoms with Crippen LogP contribution in [0.3, 0.4) is 0 Å². The average molecular weight is 334 g/mol. The van der Waals surface area contributed by atoms with Crippen LogP contribution in [0.25, 0.3) is 0 Å². The van der Waals surface area contributed by atoms with Gasteiger partial charge in [0.25, 0.3) is 0 Å². The van der Waals surface area contributed by atoms with Crippen LogP contribution in [-0.4, -0.2) is 76.4 Å². The summed E-state index contributed by atoms with van der Waals surface area (Å²) in [6, 6.07) is -2.84. The van der Waals surface area contributed by atoms with E-state index in [-0.39, 0.29) is 6.54 Å². The number of carboxylic acid groups (broad SMARTS) is 1. The van der Waals surface area contributed by atoms with Crippen LogP contribution in [0, 0.1) is 0 Å². The number of nitrogens with one attached hydrogen (secondary N) is 3. The third kappa shape index (κ3) is 7.54. The van der Waals surface area contributed by atoms with Crippen molar-refractivity contribution in [3.8, 4) is 0 Å². The molecule has 0 rings (SSSR count). The number of amides is 3. The molecule has 23 heavy (non-hydrogen) atoms. The smallest absolute Gasteiger partial charge is 0.328 e. The molecule has 3 amide bonds. The number of rotatable bonds is 9. The number of carbonyl (C=O) groups excluding carboxylic acids is 3. The molecule has 0 saturated heterocycles. The Morgan fingerprint density at radius 3 is 1.83 bits per heavy atom. The minimum absolute atomic E-state index is 0.383. The summed E-state index contributed by atoms with van der Waals surface area (Å²) in [6.45, 7) is 1.46. The number of aliphatic carboxylic acids is 1. The summed E-state index contributed by atoms with van der Waals surface area (Å²) in [5, 5.41) is 33.8. The van der Waals surface area contributed by atoms with Crippen molar-refractivity contribution in [3.05, 3.63) is 0 Å². The Balaban J connectivity index is 4.57. The highest BCUT2D eigenvalue weighted by Crippen LogP contribution is 1.95. The van der Waals surface area contributed by atoms with Crippen molar-refractivity contribution in [2.45, 2.75) is 38.1 Å². The monoisotopic (exact) mass is 334 g/mol. The SMILES string of the molecule is CC(O)C(NC(=O)CNC(=O)C(NC(=O)CN)C(C)O)C(=O)O. The van der Waals surface area contributed by atoms with Crippen LogP contribution in [0.15, 0.2) is 0 Å². The molecule has 0 aromatic heterocycles. The fourth-order valence-electron chi connectivity index (χ4n) is 1.53. The molecule has 0 aliphatic carbocycles. The highest BCUT2D eigenvalue weighted by atomic mass is 16.4. The second kappa shape index (κ2) is 9.71. The maximum atomic E-state index is 11.8. The summed E-state index contributed by atoms with van der Waals surface area (Å²) in [5.41, 5.74) is 5.09. The summed E-state index contributed by atoms with van der Waals surface area (Å²) in [7, 11) is 0. The fourth-order valence-corrected chi connectivity index (χ4v) is 1.53. The predicted octanol–water partition coefficient (Wildman–Crippen LogP) is -4.12. The second-order valence-corrected chi connectivity index (χ2v) is 4.83. The molecule has 0 aliphatic heterocycles. The van der Waals surface area contributed by atoms with Crippen molar-refractivity contribution < 1.29 is 34.5 Å². The molecule has 0 radical (unpaired) electrons. The summed E-state index contributed by atoms with van der Waals surface area (Å²) in [6.07, 6.45) is -2.57.